The van der Waals surface area contributed by atoms with Gasteiger partial charge in [-0.05, 0) is 49.6 Å². The van der Waals surface area contributed by atoms with E-state index in [2.05, 4.69) is 0 Å². The number of rotatable bonds is 2. The quantitative estimate of drug-likeness (QED) is 0.715. The van der Waals surface area contributed by atoms with Gasteiger partial charge in [-0.2, -0.15) is 0 Å². The number of hydrogen-bond acceptors (Lipinski definition) is 1. The van der Waals surface area contributed by atoms with Gasteiger partial charge in [0.25, 0.3) is 0 Å². The molecular weight excluding hydrogens is 153 g/mol. The Bertz CT molecular complexity index is 281. The number of hydrogen-bond donors (Lipinski definition) is 1. The van der Waals surface area contributed by atoms with Crippen LogP contribution in [0.5, 0.6) is 0 Å². The maximum absolute atomic E-state index is 13.0. The molecule has 0 bridgehead atoms. The first-order chi connectivity index (χ1) is 5.65. The summed E-state index contributed by atoms with van der Waals surface area (Å²) in [5.41, 5.74) is 8.24. The molecule has 0 saturated heterocycles. The molecule has 0 spiro atoms. The molecule has 1 rings (SSSR count). The lowest BCUT2D eigenvalue weighted by atomic mass is 10.0. The molecule has 0 atom stereocenters. The van der Waals surface area contributed by atoms with Gasteiger partial charge in [0.1, 0.15) is 5.82 Å². The third-order valence-corrected chi connectivity index (χ3v) is 2.03. The summed E-state index contributed by atoms with van der Waals surface area (Å²) in [7, 11) is 0. The second-order valence-electron chi connectivity index (χ2n) is 3.07. The first kappa shape index (κ1) is 9.20. The molecule has 66 valence electrons. The van der Waals surface area contributed by atoms with E-state index in [-0.39, 0.29) is 5.82 Å². The third-order valence-electron chi connectivity index (χ3n) is 2.03. The zero-order chi connectivity index (χ0) is 9.14. The van der Waals surface area contributed by atoms with Gasteiger partial charge in [0.15, 0.2) is 0 Å². The molecule has 1 nitrogen and oxygen atoms in total. The third kappa shape index (κ3) is 1.83. The predicted octanol–water partition coefficient (Wildman–Crippen LogP) is 1.94. The van der Waals surface area contributed by atoms with Crippen LogP contribution in [-0.2, 0) is 6.42 Å². The topological polar surface area (TPSA) is 26.0 Å². The van der Waals surface area contributed by atoms with Gasteiger partial charge in [0.05, 0.1) is 0 Å². The lowest BCUT2D eigenvalue weighted by Crippen LogP contribution is -2.05. The highest BCUT2D eigenvalue weighted by molar-refractivity contribution is 5.31. The van der Waals surface area contributed by atoms with Crippen molar-refractivity contribution < 1.29 is 4.39 Å². The van der Waals surface area contributed by atoms with Crippen molar-refractivity contribution in [1.29, 1.82) is 0 Å². The molecule has 0 saturated carbocycles. The van der Waals surface area contributed by atoms with E-state index in [0.717, 1.165) is 17.5 Å². The Labute approximate surface area is 72.4 Å². The molecule has 1 aromatic rings. The standard InChI is InChI=1S/C10H14FN/c1-7-5-8(2)10(11)6-9(7)3-4-12/h5-6H,3-4,12H2,1-2H3. The van der Waals surface area contributed by atoms with Gasteiger partial charge in [0.2, 0.25) is 0 Å². The monoisotopic (exact) mass is 167 g/mol. The Hall–Kier alpha value is -0.890. The van der Waals surface area contributed by atoms with Gasteiger partial charge in [-0.1, -0.05) is 6.07 Å². The first-order valence-corrected chi connectivity index (χ1v) is 4.11. The zero-order valence-corrected chi connectivity index (χ0v) is 7.52. The average Bonchev–Trinajstić information content (AvgIpc) is 2.01. The Kier molecular flexibility index (Phi) is 2.82. The highest BCUT2D eigenvalue weighted by atomic mass is 19.1. The highest BCUT2D eigenvalue weighted by Crippen LogP contribution is 2.14. The number of aryl methyl sites for hydroxylation is 2. The molecule has 12 heavy (non-hydrogen) atoms. The van der Waals surface area contributed by atoms with Gasteiger partial charge < -0.3 is 5.73 Å². The van der Waals surface area contributed by atoms with E-state index in [1.54, 1.807) is 13.0 Å². The normalized spacial score (nSPS) is 10.3. The van der Waals surface area contributed by atoms with Crippen LogP contribution in [-0.4, -0.2) is 6.54 Å². The van der Waals surface area contributed by atoms with E-state index < -0.39 is 0 Å². The van der Waals surface area contributed by atoms with Gasteiger partial charge >= 0.3 is 0 Å². The second kappa shape index (κ2) is 3.68. The van der Waals surface area contributed by atoms with Gasteiger partial charge in [0, 0.05) is 0 Å². The largest absolute Gasteiger partial charge is 0.330 e. The molecule has 1 aromatic carbocycles. The summed E-state index contributed by atoms with van der Waals surface area (Å²) in [6, 6.07) is 3.44. The molecule has 2 N–H and O–H groups in total. The Morgan fingerprint density at radius 3 is 2.50 bits per heavy atom. The summed E-state index contributed by atoms with van der Waals surface area (Å²) < 4.78 is 13.0. The van der Waals surface area contributed by atoms with Gasteiger partial charge in [-0.25, -0.2) is 4.39 Å². The smallest absolute Gasteiger partial charge is 0.126 e. The predicted molar refractivity (Wildman–Crippen MR) is 48.6 cm³/mol. The molecule has 0 unspecified atom stereocenters. The molecule has 0 heterocycles. The summed E-state index contributed by atoms with van der Waals surface area (Å²) >= 11 is 0. The fraction of sp³-hybridized carbons (Fsp3) is 0.400. The summed E-state index contributed by atoms with van der Waals surface area (Å²) in [5, 5.41) is 0. The van der Waals surface area contributed by atoms with Crippen LogP contribution >= 0.6 is 0 Å². The molecule has 0 fully saturated rings. The van der Waals surface area contributed by atoms with Crippen molar-refractivity contribution in [2.75, 3.05) is 6.54 Å². The molecule has 0 amide bonds. The van der Waals surface area contributed by atoms with Crippen molar-refractivity contribution in [2.24, 2.45) is 5.73 Å². The molecule has 0 aliphatic carbocycles. The molecule has 0 radical (unpaired) electrons. The van der Waals surface area contributed by atoms with Crippen LogP contribution in [0.25, 0.3) is 0 Å². The van der Waals surface area contributed by atoms with Crippen molar-refractivity contribution in [3.63, 3.8) is 0 Å². The Morgan fingerprint density at radius 2 is 1.92 bits per heavy atom. The Morgan fingerprint density at radius 1 is 1.25 bits per heavy atom. The minimum Gasteiger partial charge on any atom is -0.330 e. The van der Waals surface area contributed by atoms with E-state index in [1.807, 2.05) is 13.0 Å². The van der Waals surface area contributed by atoms with Crippen molar-refractivity contribution in [1.82, 2.24) is 0 Å². The fourth-order valence-electron chi connectivity index (χ4n) is 1.29. The molecule has 2 heteroatoms. The van der Waals surface area contributed by atoms with Crippen LogP contribution in [0.4, 0.5) is 4.39 Å². The zero-order valence-electron chi connectivity index (χ0n) is 7.52. The van der Waals surface area contributed by atoms with E-state index in [9.17, 15) is 4.39 Å². The Balaban J connectivity index is 3.05. The molecule has 0 aliphatic rings. The maximum Gasteiger partial charge on any atom is 0.126 e. The first-order valence-electron chi connectivity index (χ1n) is 4.11. The van der Waals surface area contributed by atoms with Crippen LogP contribution in [0.2, 0.25) is 0 Å². The summed E-state index contributed by atoms with van der Waals surface area (Å²) in [5.74, 6) is -0.135. The van der Waals surface area contributed by atoms with Crippen LogP contribution in [0.15, 0.2) is 12.1 Å². The number of nitrogens with two attached hydrogens (primary N) is 1. The van der Waals surface area contributed by atoms with Gasteiger partial charge in [-0.3, -0.25) is 0 Å². The second-order valence-corrected chi connectivity index (χ2v) is 3.07. The van der Waals surface area contributed by atoms with Crippen molar-refractivity contribution in [3.8, 4) is 0 Å². The highest BCUT2D eigenvalue weighted by Gasteiger charge is 2.02. The maximum atomic E-state index is 13.0. The number of benzene rings is 1. The van der Waals surface area contributed by atoms with Crippen LogP contribution in [0.3, 0.4) is 0 Å². The fourth-order valence-corrected chi connectivity index (χ4v) is 1.29. The van der Waals surface area contributed by atoms with E-state index >= 15 is 0 Å². The molecule has 0 aromatic heterocycles. The summed E-state index contributed by atoms with van der Waals surface area (Å²) in [4.78, 5) is 0. The van der Waals surface area contributed by atoms with E-state index in [0.29, 0.717) is 12.1 Å². The lowest BCUT2D eigenvalue weighted by Gasteiger charge is -2.06. The SMILES string of the molecule is Cc1cc(C)c(CCN)cc1F. The van der Waals surface area contributed by atoms with Gasteiger partial charge in [-0.15, -0.1) is 0 Å². The minimum atomic E-state index is -0.135. The molecular formula is C10H14FN. The number of halogens is 1. The van der Waals surface area contributed by atoms with Crippen molar-refractivity contribution >= 4 is 0 Å². The molecule has 0 aliphatic heterocycles. The van der Waals surface area contributed by atoms with Crippen molar-refractivity contribution in [3.05, 3.63) is 34.6 Å². The minimum absolute atomic E-state index is 0.135. The van der Waals surface area contributed by atoms with E-state index in [4.69, 9.17) is 5.73 Å². The van der Waals surface area contributed by atoms with Crippen molar-refractivity contribution in [2.45, 2.75) is 20.3 Å². The van der Waals surface area contributed by atoms with Crippen LogP contribution in [0, 0.1) is 19.7 Å². The average molecular weight is 167 g/mol. The summed E-state index contributed by atoms with van der Waals surface area (Å²) in [6.45, 7) is 4.33. The van der Waals surface area contributed by atoms with Crippen LogP contribution in [0.1, 0.15) is 16.7 Å². The lowest BCUT2D eigenvalue weighted by molar-refractivity contribution is 0.615. The van der Waals surface area contributed by atoms with E-state index in [1.165, 1.54) is 0 Å². The summed E-state index contributed by atoms with van der Waals surface area (Å²) in [6.07, 6.45) is 0.753. The van der Waals surface area contributed by atoms with Crippen LogP contribution < -0.4 is 5.73 Å².